The van der Waals surface area contributed by atoms with Gasteiger partial charge in [-0.3, -0.25) is 4.79 Å². The van der Waals surface area contributed by atoms with Crippen molar-refractivity contribution >= 4 is 11.9 Å². The summed E-state index contributed by atoms with van der Waals surface area (Å²) in [6.45, 7) is 2.41. The van der Waals surface area contributed by atoms with Gasteiger partial charge in [0.15, 0.2) is 11.5 Å². The van der Waals surface area contributed by atoms with E-state index < -0.39 is 23.2 Å². The minimum atomic E-state index is -1.54. The van der Waals surface area contributed by atoms with Crippen molar-refractivity contribution in [3.05, 3.63) is 94.3 Å². The highest BCUT2D eigenvalue weighted by atomic mass is 19.1. The lowest BCUT2D eigenvalue weighted by Gasteiger charge is -2.25. The van der Waals surface area contributed by atoms with Crippen LogP contribution in [0.3, 0.4) is 0 Å². The molecule has 1 atom stereocenters. The number of carbonyl (C=O) groups excluding carboxylic acids is 1. The Bertz CT molecular complexity index is 1240. The first kappa shape index (κ1) is 23.3. The molecule has 1 aliphatic rings. The van der Waals surface area contributed by atoms with Gasteiger partial charge in [-0.05, 0) is 53.9 Å². The zero-order chi connectivity index (χ0) is 24.3. The van der Waals surface area contributed by atoms with Gasteiger partial charge in [-0.2, -0.15) is 0 Å². The first-order valence-corrected chi connectivity index (χ1v) is 11.0. The highest BCUT2D eigenvalue weighted by molar-refractivity contribution is 5.99. The van der Waals surface area contributed by atoms with Crippen molar-refractivity contribution in [2.24, 2.45) is 0 Å². The third-order valence-corrected chi connectivity index (χ3v) is 6.07. The summed E-state index contributed by atoms with van der Waals surface area (Å²) in [5.74, 6) is -1.29. The second kappa shape index (κ2) is 9.55. The lowest BCUT2D eigenvalue weighted by Crippen LogP contribution is -2.55. The quantitative estimate of drug-likeness (QED) is 0.525. The second-order valence-corrected chi connectivity index (χ2v) is 8.56. The average Bonchev–Trinajstić information content (AvgIpc) is 3.17. The number of amides is 1. The summed E-state index contributed by atoms with van der Waals surface area (Å²) in [5.41, 5.74) is 2.29. The Morgan fingerprint density at radius 1 is 1.03 bits per heavy atom. The normalized spacial score (nSPS) is 16.6. The number of benzene rings is 3. The fraction of sp³-hybridized carbons (Fsp3) is 0.259. The minimum absolute atomic E-state index is 0.0111. The highest BCUT2D eigenvalue weighted by Gasteiger charge is 2.45. The topological polar surface area (TPSA) is 84.9 Å². The molecule has 0 saturated carbocycles. The average molecular weight is 464 g/mol. The lowest BCUT2D eigenvalue weighted by atomic mass is 9.95. The number of aryl methyl sites for hydroxylation is 1. The van der Waals surface area contributed by atoms with Crippen LogP contribution in [0.1, 0.15) is 32.6 Å². The number of hydrogen-bond acceptors (Lipinski definition) is 4. The van der Waals surface area contributed by atoms with Gasteiger partial charge in [0, 0.05) is 24.8 Å². The number of fused-ring (bicyclic) bond motifs is 1. The number of methoxy groups -OCH3 is 1. The molecule has 0 radical (unpaired) electrons. The molecule has 6 nitrogen and oxygen atoms in total. The summed E-state index contributed by atoms with van der Waals surface area (Å²) in [4.78, 5) is 25.2. The predicted molar refractivity (Wildman–Crippen MR) is 125 cm³/mol. The van der Waals surface area contributed by atoms with Crippen LogP contribution in [0.2, 0.25) is 0 Å². The molecule has 1 aliphatic carbocycles. The van der Waals surface area contributed by atoms with Gasteiger partial charge in [-0.1, -0.05) is 35.9 Å². The van der Waals surface area contributed by atoms with E-state index in [-0.39, 0.29) is 18.4 Å². The molecule has 0 spiro atoms. The molecule has 3 aromatic rings. The zero-order valence-electron chi connectivity index (χ0n) is 19.1. The van der Waals surface area contributed by atoms with Crippen molar-refractivity contribution in [1.29, 1.82) is 0 Å². The minimum Gasteiger partial charge on any atom is -0.493 e. The molecule has 0 aromatic heterocycles. The number of aliphatic carboxylic acids is 1. The first-order chi connectivity index (χ1) is 16.3. The standard InChI is InChI=1S/C27H26FNO5/c1-17-4-3-5-18(12-17)10-11-34-24-14-19(7-9-23(24)33-2)25(30)29-27(26(31)32)15-20-6-8-22(28)13-21(20)16-27/h3-9,12-14H,10-11,15-16H2,1-2H3,(H,29,30)(H,31,32). The smallest absolute Gasteiger partial charge is 0.330 e. The molecule has 176 valence electrons. The van der Waals surface area contributed by atoms with Crippen LogP contribution in [0.25, 0.3) is 0 Å². The first-order valence-electron chi connectivity index (χ1n) is 11.0. The monoisotopic (exact) mass is 463 g/mol. The molecule has 0 heterocycles. The van der Waals surface area contributed by atoms with Crippen LogP contribution >= 0.6 is 0 Å². The van der Waals surface area contributed by atoms with Crippen LogP contribution in [-0.4, -0.2) is 36.2 Å². The van der Waals surface area contributed by atoms with Crippen molar-refractivity contribution < 1.29 is 28.6 Å². The summed E-state index contributed by atoms with van der Waals surface area (Å²) in [6, 6.07) is 17.0. The maximum Gasteiger partial charge on any atom is 0.330 e. The molecule has 2 N–H and O–H groups in total. The summed E-state index contributed by atoms with van der Waals surface area (Å²) >= 11 is 0. The van der Waals surface area contributed by atoms with Gasteiger partial charge in [0.25, 0.3) is 5.91 Å². The van der Waals surface area contributed by atoms with Gasteiger partial charge in [-0.15, -0.1) is 0 Å². The van der Waals surface area contributed by atoms with Crippen LogP contribution < -0.4 is 14.8 Å². The van der Waals surface area contributed by atoms with E-state index in [1.807, 2.05) is 25.1 Å². The van der Waals surface area contributed by atoms with E-state index in [0.717, 1.165) is 11.1 Å². The van der Waals surface area contributed by atoms with Crippen molar-refractivity contribution in [3.63, 3.8) is 0 Å². The molecule has 0 aliphatic heterocycles. The molecule has 4 rings (SSSR count). The summed E-state index contributed by atoms with van der Waals surface area (Å²) in [5, 5.41) is 12.6. The van der Waals surface area contributed by atoms with E-state index >= 15 is 0 Å². The number of rotatable bonds is 8. The molecule has 1 amide bonds. The Balaban J connectivity index is 1.50. The maximum atomic E-state index is 13.6. The van der Waals surface area contributed by atoms with Crippen molar-refractivity contribution in [2.45, 2.75) is 31.7 Å². The Morgan fingerprint density at radius 2 is 1.82 bits per heavy atom. The van der Waals surface area contributed by atoms with Gasteiger partial charge in [0.05, 0.1) is 13.7 Å². The Kier molecular flexibility index (Phi) is 6.54. The number of hydrogen-bond donors (Lipinski definition) is 2. The van der Waals surface area contributed by atoms with Gasteiger partial charge in [0.1, 0.15) is 11.4 Å². The number of carbonyl (C=O) groups is 2. The Labute approximate surface area is 197 Å². The Morgan fingerprint density at radius 3 is 2.56 bits per heavy atom. The zero-order valence-corrected chi connectivity index (χ0v) is 19.1. The van der Waals surface area contributed by atoms with Crippen LogP contribution in [0, 0.1) is 12.7 Å². The third kappa shape index (κ3) is 4.88. The molecule has 0 fully saturated rings. The van der Waals surface area contributed by atoms with E-state index in [0.29, 0.717) is 35.7 Å². The largest absolute Gasteiger partial charge is 0.493 e. The predicted octanol–water partition coefficient (Wildman–Crippen LogP) is 4.12. The number of carboxylic acids is 1. The number of halogens is 1. The molecule has 34 heavy (non-hydrogen) atoms. The van der Waals surface area contributed by atoms with Crippen LogP contribution in [-0.2, 0) is 24.1 Å². The SMILES string of the molecule is COc1ccc(C(=O)NC2(C(=O)O)Cc3ccc(F)cc3C2)cc1OCCc1cccc(C)c1. The van der Waals surface area contributed by atoms with E-state index in [1.165, 1.54) is 19.2 Å². The van der Waals surface area contributed by atoms with Gasteiger partial charge >= 0.3 is 5.97 Å². The van der Waals surface area contributed by atoms with Crippen molar-refractivity contribution in [2.75, 3.05) is 13.7 Å². The molecule has 3 aromatic carbocycles. The number of carboxylic acid groups (broad SMARTS) is 1. The summed E-state index contributed by atoms with van der Waals surface area (Å²) < 4.78 is 24.9. The van der Waals surface area contributed by atoms with E-state index in [9.17, 15) is 19.1 Å². The lowest BCUT2D eigenvalue weighted by molar-refractivity contribution is -0.144. The molecule has 7 heteroatoms. The van der Waals surface area contributed by atoms with Crippen molar-refractivity contribution in [3.8, 4) is 11.5 Å². The van der Waals surface area contributed by atoms with Crippen LogP contribution in [0.4, 0.5) is 4.39 Å². The third-order valence-electron chi connectivity index (χ3n) is 6.07. The fourth-order valence-corrected chi connectivity index (χ4v) is 4.30. The molecule has 0 bridgehead atoms. The van der Waals surface area contributed by atoms with Crippen molar-refractivity contribution in [1.82, 2.24) is 5.32 Å². The second-order valence-electron chi connectivity index (χ2n) is 8.56. The summed E-state index contributed by atoms with van der Waals surface area (Å²) in [6.07, 6.45) is 0.773. The number of nitrogens with one attached hydrogen (secondary N) is 1. The molecular weight excluding hydrogens is 437 g/mol. The van der Waals surface area contributed by atoms with Gasteiger partial charge in [-0.25, -0.2) is 9.18 Å². The maximum absolute atomic E-state index is 13.6. The fourth-order valence-electron chi connectivity index (χ4n) is 4.30. The Hall–Kier alpha value is -3.87. The van der Waals surface area contributed by atoms with E-state index in [1.54, 1.807) is 24.3 Å². The molecule has 1 unspecified atom stereocenters. The van der Waals surface area contributed by atoms with Crippen LogP contribution in [0.15, 0.2) is 60.7 Å². The van der Waals surface area contributed by atoms with Gasteiger partial charge in [0.2, 0.25) is 0 Å². The highest BCUT2D eigenvalue weighted by Crippen LogP contribution is 2.33. The number of ether oxygens (including phenoxy) is 2. The molecular formula is C27H26FNO5. The van der Waals surface area contributed by atoms with E-state index in [2.05, 4.69) is 11.4 Å². The summed E-state index contributed by atoms with van der Waals surface area (Å²) in [7, 11) is 1.51. The van der Waals surface area contributed by atoms with E-state index in [4.69, 9.17) is 9.47 Å². The van der Waals surface area contributed by atoms with Gasteiger partial charge < -0.3 is 19.9 Å². The van der Waals surface area contributed by atoms with Crippen LogP contribution in [0.5, 0.6) is 11.5 Å². The molecule has 0 saturated heterocycles.